The first kappa shape index (κ1) is 22.1. The number of imide groups is 1. The average molecular weight is 443 g/mol. The van der Waals surface area contributed by atoms with Crippen LogP contribution in [0.1, 0.15) is 25.0 Å². The first-order chi connectivity index (χ1) is 16.0. The molecule has 0 saturated heterocycles. The highest BCUT2D eigenvalue weighted by molar-refractivity contribution is 6.46. The zero-order valence-electron chi connectivity index (χ0n) is 18.9. The third-order valence-corrected chi connectivity index (χ3v) is 5.26. The molecular weight excluding hydrogens is 416 g/mol. The number of benzene rings is 3. The van der Waals surface area contributed by atoms with Crippen molar-refractivity contribution < 1.29 is 19.1 Å². The minimum absolute atomic E-state index is 0.238. The van der Waals surface area contributed by atoms with Crippen molar-refractivity contribution in [1.82, 2.24) is 0 Å². The fourth-order valence-electron chi connectivity index (χ4n) is 3.67. The molecule has 0 aliphatic carbocycles. The van der Waals surface area contributed by atoms with Crippen LogP contribution in [0.25, 0.3) is 5.57 Å². The quantitative estimate of drug-likeness (QED) is 0.487. The minimum atomic E-state index is -0.409. The molecule has 4 rings (SSSR count). The molecule has 0 aromatic heterocycles. The Kier molecular flexibility index (Phi) is 6.45. The Balaban J connectivity index is 1.72. The van der Waals surface area contributed by atoms with Crippen molar-refractivity contribution in [2.24, 2.45) is 0 Å². The van der Waals surface area contributed by atoms with Gasteiger partial charge in [0.1, 0.15) is 17.2 Å². The van der Waals surface area contributed by atoms with Crippen LogP contribution in [0.2, 0.25) is 0 Å². The van der Waals surface area contributed by atoms with Gasteiger partial charge in [-0.1, -0.05) is 29.8 Å². The number of ether oxygens (including phenoxy) is 2. The average Bonchev–Trinajstić information content (AvgIpc) is 3.06. The lowest BCUT2D eigenvalue weighted by Crippen LogP contribution is -2.32. The summed E-state index contributed by atoms with van der Waals surface area (Å²) in [6, 6.07) is 21.8. The second-order valence-electron chi connectivity index (χ2n) is 7.57. The van der Waals surface area contributed by atoms with Gasteiger partial charge in [-0.15, -0.1) is 0 Å². The molecule has 3 aromatic rings. The molecule has 33 heavy (non-hydrogen) atoms. The second kappa shape index (κ2) is 9.61. The number of amides is 2. The second-order valence-corrected chi connectivity index (χ2v) is 7.57. The van der Waals surface area contributed by atoms with Gasteiger partial charge in [0.15, 0.2) is 0 Å². The Morgan fingerprint density at radius 3 is 1.82 bits per heavy atom. The molecule has 0 spiro atoms. The van der Waals surface area contributed by atoms with Crippen molar-refractivity contribution >= 4 is 28.8 Å². The van der Waals surface area contributed by atoms with Crippen molar-refractivity contribution in [3.8, 4) is 11.5 Å². The fraction of sp³-hybridized carbons (Fsp3) is 0.185. The highest BCUT2D eigenvalue weighted by atomic mass is 16.5. The van der Waals surface area contributed by atoms with Gasteiger partial charge in [-0.2, -0.15) is 0 Å². The van der Waals surface area contributed by atoms with Gasteiger partial charge in [0.25, 0.3) is 11.8 Å². The molecule has 168 valence electrons. The standard InChI is InChI=1S/C27H26N2O4/c1-4-32-22-14-10-20(11-15-22)28-25-24(19-8-6-18(3)7-9-19)26(30)29(27(25)31)21-12-16-23(17-13-21)33-5-2/h6-17,28H,4-5H2,1-3H3. The number of nitrogens with zero attached hydrogens (tertiary/aromatic N) is 1. The van der Waals surface area contributed by atoms with Gasteiger partial charge in [-0.3, -0.25) is 9.59 Å². The van der Waals surface area contributed by atoms with Crippen LogP contribution in [-0.2, 0) is 9.59 Å². The number of nitrogens with one attached hydrogen (secondary N) is 1. The van der Waals surface area contributed by atoms with E-state index in [1.807, 2.05) is 69.3 Å². The molecular formula is C27H26N2O4. The predicted molar refractivity (Wildman–Crippen MR) is 129 cm³/mol. The number of carbonyl (C=O) groups excluding carboxylic acids is 2. The normalized spacial score (nSPS) is 13.5. The Labute approximate surface area is 193 Å². The smallest absolute Gasteiger partial charge is 0.282 e. The maximum atomic E-state index is 13.5. The Morgan fingerprint density at radius 2 is 1.27 bits per heavy atom. The summed E-state index contributed by atoms with van der Waals surface area (Å²) >= 11 is 0. The SMILES string of the molecule is CCOc1ccc(NC2=C(c3ccc(C)cc3)C(=O)N(c3ccc(OCC)cc3)C2=O)cc1. The van der Waals surface area contributed by atoms with Crippen LogP contribution in [0.4, 0.5) is 11.4 Å². The van der Waals surface area contributed by atoms with Crippen molar-refractivity contribution in [2.45, 2.75) is 20.8 Å². The number of hydrogen-bond donors (Lipinski definition) is 1. The summed E-state index contributed by atoms with van der Waals surface area (Å²) in [5, 5.41) is 3.17. The maximum absolute atomic E-state index is 13.5. The summed E-state index contributed by atoms with van der Waals surface area (Å²) in [4.78, 5) is 28.2. The monoisotopic (exact) mass is 442 g/mol. The van der Waals surface area contributed by atoms with Crippen LogP contribution in [0.5, 0.6) is 11.5 Å². The summed E-state index contributed by atoms with van der Waals surface area (Å²) in [6.07, 6.45) is 0. The van der Waals surface area contributed by atoms with E-state index in [2.05, 4.69) is 5.32 Å². The van der Waals surface area contributed by atoms with Gasteiger partial charge in [-0.25, -0.2) is 4.90 Å². The largest absolute Gasteiger partial charge is 0.494 e. The van der Waals surface area contributed by atoms with E-state index in [0.717, 1.165) is 11.3 Å². The number of anilines is 2. The van der Waals surface area contributed by atoms with Crippen LogP contribution in [0.3, 0.4) is 0 Å². The van der Waals surface area contributed by atoms with Crippen molar-refractivity contribution in [3.63, 3.8) is 0 Å². The van der Waals surface area contributed by atoms with Gasteiger partial charge in [0.05, 0.1) is 24.5 Å². The number of rotatable bonds is 8. The molecule has 6 nitrogen and oxygen atoms in total. The predicted octanol–water partition coefficient (Wildman–Crippen LogP) is 5.19. The van der Waals surface area contributed by atoms with Gasteiger partial charge in [0, 0.05) is 5.69 Å². The van der Waals surface area contributed by atoms with E-state index in [1.54, 1.807) is 24.3 Å². The third kappa shape index (κ3) is 4.60. The summed E-state index contributed by atoms with van der Waals surface area (Å²) in [7, 11) is 0. The highest BCUT2D eigenvalue weighted by Crippen LogP contribution is 2.34. The van der Waals surface area contributed by atoms with E-state index in [9.17, 15) is 9.59 Å². The van der Waals surface area contributed by atoms with Crippen molar-refractivity contribution in [3.05, 3.63) is 89.6 Å². The molecule has 0 unspecified atom stereocenters. The van der Waals surface area contributed by atoms with Gasteiger partial charge >= 0.3 is 0 Å². The Morgan fingerprint density at radius 1 is 0.727 bits per heavy atom. The van der Waals surface area contributed by atoms with Gasteiger partial charge in [0.2, 0.25) is 0 Å². The summed E-state index contributed by atoms with van der Waals surface area (Å²) in [6.45, 7) is 6.90. The molecule has 3 aromatic carbocycles. The third-order valence-electron chi connectivity index (χ3n) is 5.26. The summed E-state index contributed by atoms with van der Waals surface area (Å²) < 4.78 is 11.0. The van der Waals surface area contributed by atoms with Crippen LogP contribution in [-0.4, -0.2) is 25.0 Å². The first-order valence-corrected chi connectivity index (χ1v) is 10.9. The molecule has 0 bridgehead atoms. The van der Waals surface area contributed by atoms with E-state index in [-0.39, 0.29) is 11.6 Å². The Hall–Kier alpha value is -4.06. The Bertz CT molecular complexity index is 1180. The van der Waals surface area contributed by atoms with Crippen LogP contribution < -0.4 is 19.7 Å². The van der Waals surface area contributed by atoms with Crippen LogP contribution in [0, 0.1) is 6.92 Å². The molecule has 2 amide bonds. The van der Waals surface area contributed by atoms with E-state index in [0.29, 0.717) is 41.5 Å². The molecule has 0 saturated carbocycles. The molecule has 1 aliphatic rings. The van der Waals surface area contributed by atoms with E-state index in [4.69, 9.17) is 9.47 Å². The van der Waals surface area contributed by atoms with E-state index < -0.39 is 5.91 Å². The molecule has 1 N–H and O–H groups in total. The lowest BCUT2D eigenvalue weighted by Gasteiger charge is -2.16. The number of carbonyl (C=O) groups is 2. The van der Waals surface area contributed by atoms with Crippen LogP contribution >= 0.6 is 0 Å². The summed E-state index contributed by atoms with van der Waals surface area (Å²) in [5.74, 6) is 0.635. The zero-order valence-corrected chi connectivity index (χ0v) is 18.9. The number of aryl methyl sites for hydroxylation is 1. The molecule has 0 radical (unpaired) electrons. The molecule has 1 aliphatic heterocycles. The van der Waals surface area contributed by atoms with Gasteiger partial charge < -0.3 is 14.8 Å². The lowest BCUT2D eigenvalue weighted by atomic mass is 10.0. The topological polar surface area (TPSA) is 67.9 Å². The highest BCUT2D eigenvalue weighted by Gasteiger charge is 2.40. The first-order valence-electron chi connectivity index (χ1n) is 10.9. The summed E-state index contributed by atoms with van der Waals surface area (Å²) in [5.41, 5.74) is 3.50. The fourth-order valence-corrected chi connectivity index (χ4v) is 3.67. The maximum Gasteiger partial charge on any atom is 0.282 e. The van der Waals surface area contributed by atoms with Crippen molar-refractivity contribution in [1.29, 1.82) is 0 Å². The van der Waals surface area contributed by atoms with E-state index in [1.165, 1.54) is 4.90 Å². The minimum Gasteiger partial charge on any atom is -0.494 e. The van der Waals surface area contributed by atoms with Crippen molar-refractivity contribution in [2.75, 3.05) is 23.4 Å². The van der Waals surface area contributed by atoms with E-state index >= 15 is 0 Å². The number of hydrogen-bond acceptors (Lipinski definition) is 5. The molecule has 0 atom stereocenters. The zero-order chi connectivity index (χ0) is 23.4. The molecule has 6 heteroatoms. The lowest BCUT2D eigenvalue weighted by molar-refractivity contribution is -0.120. The molecule has 1 heterocycles. The van der Waals surface area contributed by atoms with Crippen LogP contribution in [0.15, 0.2) is 78.5 Å². The van der Waals surface area contributed by atoms with Gasteiger partial charge in [-0.05, 0) is 74.9 Å². The molecule has 0 fully saturated rings.